The van der Waals surface area contributed by atoms with Crippen molar-refractivity contribution >= 4 is 11.9 Å². The number of benzene rings is 1. The lowest BCUT2D eigenvalue weighted by molar-refractivity contribution is 0.0745. The number of rotatable bonds is 3. The molecule has 1 aliphatic heterocycles. The van der Waals surface area contributed by atoms with Crippen molar-refractivity contribution in [2.45, 2.75) is 19.8 Å². The van der Waals surface area contributed by atoms with E-state index in [0.717, 1.165) is 0 Å². The van der Waals surface area contributed by atoms with E-state index in [1.807, 2.05) is 18.7 Å². The predicted molar refractivity (Wildman–Crippen MR) is 82.9 cm³/mol. The Balaban J connectivity index is 1.61. The molecular weight excluding hydrogens is 299 g/mol. The number of hydrogen-bond acceptors (Lipinski definition) is 5. The molecule has 1 saturated heterocycles. The van der Waals surface area contributed by atoms with Crippen molar-refractivity contribution in [3.63, 3.8) is 0 Å². The van der Waals surface area contributed by atoms with E-state index in [2.05, 4.69) is 10.2 Å². The molecule has 23 heavy (non-hydrogen) atoms. The lowest BCUT2D eigenvalue weighted by atomic mass is 10.2. The number of aromatic nitrogens is 2. The number of amides is 1. The molecule has 1 amide bonds. The molecule has 6 nitrogen and oxygen atoms in total. The molecule has 2 aromatic rings. The summed E-state index contributed by atoms with van der Waals surface area (Å²) in [5.74, 6) is 0.379. The van der Waals surface area contributed by atoms with E-state index in [9.17, 15) is 9.18 Å². The number of nitrogens with zero attached hydrogens (tertiary/aromatic N) is 4. The monoisotopic (exact) mass is 318 g/mol. The Morgan fingerprint density at radius 2 is 1.78 bits per heavy atom. The van der Waals surface area contributed by atoms with Crippen molar-refractivity contribution in [2.24, 2.45) is 0 Å². The molecule has 0 N–H and O–H groups in total. The largest absolute Gasteiger partial charge is 0.408 e. The van der Waals surface area contributed by atoms with E-state index < -0.39 is 0 Å². The van der Waals surface area contributed by atoms with E-state index in [1.54, 1.807) is 4.90 Å². The Hall–Kier alpha value is -2.44. The minimum atomic E-state index is -0.344. The Morgan fingerprint density at radius 1 is 1.13 bits per heavy atom. The van der Waals surface area contributed by atoms with Gasteiger partial charge < -0.3 is 14.2 Å². The molecule has 0 atom stereocenters. The molecular formula is C16H19FN4O2. The fourth-order valence-corrected chi connectivity index (χ4v) is 2.46. The van der Waals surface area contributed by atoms with Crippen LogP contribution in [0.15, 0.2) is 28.7 Å². The molecule has 0 aliphatic carbocycles. The lowest BCUT2D eigenvalue weighted by Crippen LogP contribution is -2.48. The quantitative estimate of drug-likeness (QED) is 0.869. The maximum atomic E-state index is 12.9. The molecule has 0 bridgehead atoms. The summed E-state index contributed by atoms with van der Waals surface area (Å²) in [5.41, 5.74) is 0.500. The lowest BCUT2D eigenvalue weighted by Gasteiger charge is -2.33. The van der Waals surface area contributed by atoms with Crippen LogP contribution >= 0.6 is 0 Å². The van der Waals surface area contributed by atoms with Crippen LogP contribution in [0.2, 0.25) is 0 Å². The van der Waals surface area contributed by atoms with Crippen LogP contribution in [-0.4, -0.2) is 47.2 Å². The highest BCUT2D eigenvalue weighted by Gasteiger charge is 2.25. The molecule has 2 heterocycles. The summed E-state index contributed by atoms with van der Waals surface area (Å²) in [4.78, 5) is 16.1. The number of halogens is 1. The Bertz CT molecular complexity index is 676. The van der Waals surface area contributed by atoms with Crippen LogP contribution in [0.4, 0.5) is 10.4 Å². The van der Waals surface area contributed by atoms with Crippen LogP contribution < -0.4 is 4.90 Å². The van der Waals surface area contributed by atoms with Crippen LogP contribution in [0.3, 0.4) is 0 Å². The van der Waals surface area contributed by atoms with E-state index in [1.165, 1.54) is 24.3 Å². The minimum Gasteiger partial charge on any atom is -0.408 e. The number of piperazine rings is 1. The third-order valence-corrected chi connectivity index (χ3v) is 3.85. The zero-order chi connectivity index (χ0) is 16.4. The Kier molecular flexibility index (Phi) is 4.27. The molecule has 1 fully saturated rings. The fraction of sp³-hybridized carbons (Fsp3) is 0.438. The molecule has 3 rings (SSSR count). The topological polar surface area (TPSA) is 62.5 Å². The standard InChI is InChI=1S/C16H19FN4O2/c1-11(2)14-18-19-16(23-14)21-9-7-20(8-10-21)15(22)12-3-5-13(17)6-4-12/h3-6,11H,7-10H2,1-2H3. The summed E-state index contributed by atoms with van der Waals surface area (Å²) >= 11 is 0. The molecule has 1 aliphatic rings. The first-order chi connectivity index (χ1) is 11.0. The predicted octanol–water partition coefficient (Wildman–Crippen LogP) is 2.29. The van der Waals surface area contributed by atoms with Gasteiger partial charge in [0.15, 0.2) is 0 Å². The van der Waals surface area contributed by atoms with Gasteiger partial charge in [-0.1, -0.05) is 18.9 Å². The zero-order valence-electron chi connectivity index (χ0n) is 13.2. The van der Waals surface area contributed by atoms with Gasteiger partial charge in [-0.3, -0.25) is 4.79 Å². The smallest absolute Gasteiger partial charge is 0.318 e. The second-order valence-electron chi connectivity index (χ2n) is 5.86. The van der Waals surface area contributed by atoms with Crippen molar-refractivity contribution in [1.82, 2.24) is 15.1 Å². The van der Waals surface area contributed by atoms with E-state index in [0.29, 0.717) is 43.6 Å². The number of hydrogen-bond donors (Lipinski definition) is 0. The van der Waals surface area contributed by atoms with Crippen molar-refractivity contribution in [3.05, 3.63) is 41.5 Å². The fourth-order valence-electron chi connectivity index (χ4n) is 2.46. The van der Waals surface area contributed by atoms with Gasteiger partial charge >= 0.3 is 6.01 Å². The van der Waals surface area contributed by atoms with Crippen LogP contribution in [0, 0.1) is 5.82 Å². The SMILES string of the molecule is CC(C)c1nnc(N2CCN(C(=O)c3ccc(F)cc3)CC2)o1. The van der Waals surface area contributed by atoms with E-state index in [4.69, 9.17) is 4.42 Å². The molecule has 0 spiro atoms. The maximum absolute atomic E-state index is 12.9. The van der Waals surface area contributed by atoms with E-state index >= 15 is 0 Å². The maximum Gasteiger partial charge on any atom is 0.318 e. The summed E-state index contributed by atoms with van der Waals surface area (Å²) in [5, 5.41) is 8.09. The third kappa shape index (κ3) is 3.33. The molecule has 0 radical (unpaired) electrons. The Labute approximate surface area is 133 Å². The van der Waals surface area contributed by atoms with E-state index in [-0.39, 0.29) is 17.6 Å². The van der Waals surface area contributed by atoms with Crippen molar-refractivity contribution < 1.29 is 13.6 Å². The zero-order valence-corrected chi connectivity index (χ0v) is 13.2. The highest BCUT2D eigenvalue weighted by molar-refractivity contribution is 5.94. The van der Waals surface area contributed by atoms with Crippen LogP contribution in [0.25, 0.3) is 0 Å². The highest BCUT2D eigenvalue weighted by atomic mass is 19.1. The summed E-state index contributed by atoms with van der Waals surface area (Å²) < 4.78 is 18.6. The van der Waals surface area contributed by atoms with Gasteiger partial charge in [0.1, 0.15) is 5.82 Å². The van der Waals surface area contributed by atoms with Crippen LogP contribution in [0.5, 0.6) is 0 Å². The minimum absolute atomic E-state index is 0.0851. The summed E-state index contributed by atoms with van der Waals surface area (Å²) in [6.45, 7) is 6.39. The molecule has 7 heteroatoms. The number of anilines is 1. The van der Waals surface area contributed by atoms with Gasteiger partial charge in [0, 0.05) is 37.7 Å². The second kappa shape index (κ2) is 6.36. The molecule has 1 aromatic heterocycles. The van der Waals surface area contributed by atoms with Gasteiger partial charge in [0.25, 0.3) is 5.91 Å². The number of carbonyl (C=O) groups excluding carboxylic acids is 1. The molecule has 1 aromatic carbocycles. The van der Waals surface area contributed by atoms with Gasteiger partial charge in [-0.25, -0.2) is 4.39 Å². The van der Waals surface area contributed by atoms with Crippen molar-refractivity contribution in [3.8, 4) is 0 Å². The highest BCUT2D eigenvalue weighted by Crippen LogP contribution is 2.20. The van der Waals surface area contributed by atoms with Crippen LogP contribution in [-0.2, 0) is 0 Å². The normalized spacial score (nSPS) is 15.3. The average molecular weight is 318 g/mol. The first-order valence-electron chi connectivity index (χ1n) is 7.68. The van der Waals surface area contributed by atoms with Gasteiger partial charge in [0.05, 0.1) is 0 Å². The molecule has 122 valence electrons. The molecule has 0 unspecified atom stereocenters. The second-order valence-corrected chi connectivity index (χ2v) is 5.86. The Morgan fingerprint density at radius 3 is 2.35 bits per heavy atom. The van der Waals surface area contributed by atoms with Gasteiger partial charge in [-0.15, -0.1) is 5.10 Å². The first-order valence-corrected chi connectivity index (χ1v) is 7.68. The average Bonchev–Trinajstić information content (AvgIpc) is 3.05. The number of carbonyl (C=O) groups is 1. The van der Waals surface area contributed by atoms with Gasteiger partial charge in [0.2, 0.25) is 5.89 Å². The first kappa shape index (κ1) is 15.5. The summed E-state index contributed by atoms with van der Waals surface area (Å²) in [6, 6.07) is 6.13. The van der Waals surface area contributed by atoms with Crippen molar-refractivity contribution in [2.75, 3.05) is 31.1 Å². The van der Waals surface area contributed by atoms with Crippen LogP contribution in [0.1, 0.15) is 36.0 Å². The van der Waals surface area contributed by atoms with Gasteiger partial charge in [-0.2, -0.15) is 0 Å². The third-order valence-electron chi connectivity index (χ3n) is 3.85. The summed E-state index contributed by atoms with van der Waals surface area (Å²) in [7, 11) is 0. The van der Waals surface area contributed by atoms with Gasteiger partial charge in [-0.05, 0) is 24.3 Å². The molecule has 0 saturated carbocycles. The van der Waals surface area contributed by atoms with Crippen molar-refractivity contribution in [1.29, 1.82) is 0 Å². The summed E-state index contributed by atoms with van der Waals surface area (Å²) in [6.07, 6.45) is 0.